The Morgan fingerprint density at radius 1 is 1.21 bits per heavy atom. The second-order valence-electron chi connectivity index (χ2n) is 9.25. The normalized spacial score (nSPS) is 28.1. The fraction of sp³-hybridized carbons (Fsp3) is 0.583. The van der Waals surface area contributed by atoms with Crippen LogP contribution in [0.1, 0.15) is 31.4 Å². The summed E-state index contributed by atoms with van der Waals surface area (Å²) in [6.07, 6.45) is 1.96. The van der Waals surface area contributed by atoms with Crippen LogP contribution >= 0.6 is 23.2 Å². The van der Waals surface area contributed by atoms with Crippen molar-refractivity contribution in [2.45, 2.75) is 38.0 Å². The lowest BCUT2D eigenvalue weighted by molar-refractivity contribution is 0.0534. The second kappa shape index (κ2) is 11.2. The maximum absolute atomic E-state index is 9.28. The minimum atomic E-state index is -0.478. The summed E-state index contributed by atoms with van der Waals surface area (Å²) in [5, 5.41) is 13.8. The second-order valence-corrected chi connectivity index (χ2v) is 10.1. The molecule has 10 heteroatoms. The zero-order valence-corrected chi connectivity index (χ0v) is 21.1. The van der Waals surface area contributed by atoms with Gasteiger partial charge in [0.25, 0.3) is 0 Å². The van der Waals surface area contributed by atoms with Gasteiger partial charge in [0.2, 0.25) is 5.96 Å². The number of aliphatic hydroxyl groups excluding tert-OH is 1. The first-order valence-electron chi connectivity index (χ1n) is 11.8. The molecule has 4 atom stereocenters. The van der Waals surface area contributed by atoms with E-state index in [9.17, 15) is 5.11 Å². The summed E-state index contributed by atoms with van der Waals surface area (Å²) in [5.41, 5.74) is 0.879. The van der Waals surface area contributed by atoms with Gasteiger partial charge in [-0.2, -0.15) is 0 Å². The van der Waals surface area contributed by atoms with Crippen molar-refractivity contribution < 1.29 is 5.11 Å². The number of hydrogen-bond acceptors (Lipinski definition) is 7. The van der Waals surface area contributed by atoms with Crippen LogP contribution in [-0.2, 0) is 0 Å². The van der Waals surface area contributed by atoms with Gasteiger partial charge in [-0.1, -0.05) is 29.3 Å². The van der Waals surface area contributed by atoms with E-state index in [1.165, 1.54) is 12.8 Å². The molecular formula is C24H33Cl2N7O. The zero-order chi connectivity index (χ0) is 24.2. The van der Waals surface area contributed by atoms with Crippen LogP contribution in [0.5, 0.6) is 0 Å². The van der Waals surface area contributed by atoms with Crippen molar-refractivity contribution in [2.75, 3.05) is 39.3 Å². The van der Waals surface area contributed by atoms with Gasteiger partial charge in [0.1, 0.15) is 11.9 Å². The summed E-state index contributed by atoms with van der Waals surface area (Å²) in [4.78, 5) is 22.7. The van der Waals surface area contributed by atoms with Crippen molar-refractivity contribution >= 4 is 48.4 Å². The van der Waals surface area contributed by atoms with Gasteiger partial charge >= 0.3 is 0 Å². The van der Waals surface area contributed by atoms with Crippen LogP contribution in [0.3, 0.4) is 0 Å². The van der Waals surface area contributed by atoms with Gasteiger partial charge in [-0.15, -0.1) is 0 Å². The molecule has 3 heterocycles. The molecule has 8 nitrogen and oxygen atoms in total. The predicted molar refractivity (Wildman–Crippen MR) is 141 cm³/mol. The van der Waals surface area contributed by atoms with Gasteiger partial charge in [-0.05, 0) is 69.3 Å². The van der Waals surface area contributed by atoms with E-state index in [-0.39, 0.29) is 12.6 Å². The van der Waals surface area contributed by atoms with E-state index < -0.39 is 12.2 Å². The van der Waals surface area contributed by atoms with Crippen LogP contribution in [-0.4, -0.2) is 91.7 Å². The first-order valence-corrected chi connectivity index (χ1v) is 12.6. The number of β-amino-alcohol motifs (C(OH)–C–C–N with tert-alkyl or cyclic N) is 1. The highest BCUT2D eigenvalue weighted by Gasteiger charge is 2.40. The largest absolute Gasteiger partial charge is 0.395 e. The molecule has 184 valence electrons. The van der Waals surface area contributed by atoms with Crippen molar-refractivity contribution in [3.8, 4) is 0 Å². The van der Waals surface area contributed by atoms with Crippen LogP contribution < -0.4 is 5.32 Å². The number of likely N-dealkylation sites (tertiary alicyclic amines) is 2. The number of hydrogen-bond donors (Lipinski definition) is 2. The molecule has 0 saturated carbocycles. The first kappa shape index (κ1) is 25.1. The number of benzene rings is 1. The minimum absolute atomic E-state index is 0.217. The molecule has 4 rings (SSSR count). The third-order valence-electron chi connectivity index (χ3n) is 7.02. The number of halogens is 2. The first-order chi connectivity index (χ1) is 16.4. The van der Waals surface area contributed by atoms with E-state index in [1.54, 1.807) is 6.07 Å². The van der Waals surface area contributed by atoms with Crippen molar-refractivity contribution in [1.82, 2.24) is 15.1 Å². The Balaban J connectivity index is 1.47. The van der Waals surface area contributed by atoms with E-state index in [0.29, 0.717) is 27.7 Å². The summed E-state index contributed by atoms with van der Waals surface area (Å²) in [5.74, 6) is 2.68. The molecular weight excluding hydrogens is 473 g/mol. The standard InChI is InChI=1S/C24H33Cl2N7O/c1-15(19-7-6-18(25)11-20(19)26)29-23-21(27-2)22(28-3)30-24(31-23)33-13-17(14-33)16-5-4-8-32(12-16)9-10-34/h6-7,11,15-17,21-22,34H,2-5,8-10,12-14H2,1H3,(H,29,30,31). The number of nitrogens with one attached hydrogen (secondary N) is 1. The Kier molecular flexibility index (Phi) is 8.24. The van der Waals surface area contributed by atoms with Crippen molar-refractivity contribution in [1.29, 1.82) is 0 Å². The molecule has 0 aliphatic carbocycles. The third-order valence-corrected chi connectivity index (χ3v) is 7.58. The van der Waals surface area contributed by atoms with Gasteiger partial charge in [-0.3, -0.25) is 15.0 Å². The number of guanidine groups is 1. The van der Waals surface area contributed by atoms with Crippen LogP contribution in [0.2, 0.25) is 10.0 Å². The Hall–Kier alpha value is -2.00. The molecule has 1 aromatic carbocycles. The van der Waals surface area contributed by atoms with Crippen LogP contribution in [0.25, 0.3) is 0 Å². The molecule has 2 saturated heterocycles. The number of nitrogens with zero attached hydrogens (tertiary/aromatic N) is 6. The summed E-state index contributed by atoms with van der Waals surface area (Å²) in [6, 6.07) is 4.77. The Morgan fingerprint density at radius 2 is 2.00 bits per heavy atom. The lowest BCUT2D eigenvalue weighted by Gasteiger charge is -2.48. The van der Waals surface area contributed by atoms with Gasteiger partial charge in [-0.25, -0.2) is 4.99 Å². The van der Waals surface area contributed by atoms with E-state index in [1.807, 2.05) is 19.1 Å². The Labute approximate surface area is 211 Å². The molecule has 34 heavy (non-hydrogen) atoms. The highest BCUT2D eigenvalue weighted by molar-refractivity contribution is 6.35. The zero-order valence-electron chi connectivity index (χ0n) is 19.6. The predicted octanol–water partition coefficient (Wildman–Crippen LogP) is 3.14. The quantitative estimate of drug-likeness (QED) is 0.557. The van der Waals surface area contributed by atoms with E-state index in [2.05, 4.69) is 38.5 Å². The van der Waals surface area contributed by atoms with Gasteiger partial charge < -0.3 is 20.2 Å². The fourth-order valence-electron chi connectivity index (χ4n) is 5.07. The van der Waals surface area contributed by atoms with Gasteiger partial charge in [0.05, 0.1) is 12.6 Å². The van der Waals surface area contributed by atoms with E-state index >= 15 is 0 Å². The van der Waals surface area contributed by atoms with Crippen molar-refractivity contribution in [3.63, 3.8) is 0 Å². The lowest BCUT2D eigenvalue weighted by Crippen LogP contribution is -2.62. The minimum Gasteiger partial charge on any atom is -0.395 e. The molecule has 0 spiro atoms. The summed E-state index contributed by atoms with van der Waals surface area (Å²) in [7, 11) is 0. The fourth-order valence-corrected chi connectivity index (χ4v) is 5.64. The number of rotatable bonds is 7. The van der Waals surface area contributed by atoms with Crippen molar-refractivity contribution in [3.05, 3.63) is 33.8 Å². The third kappa shape index (κ3) is 5.46. The summed E-state index contributed by atoms with van der Waals surface area (Å²) >= 11 is 12.5. The average Bonchev–Trinajstić information content (AvgIpc) is 2.78. The molecule has 4 unspecified atom stereocenters. The van der Waals surface area contributed by atoms with Crippen LogP contribution in [0, 0.1) is 11.8 Å². The number of piperidine rings is 1. The molecule has 0 aromatic heterocycles. The molecule has 0 radical (unpaired) electrons. The maximum Gasteiger partial charge on any atom is 0.201 e. The highest BCUT2D eigenvalue weighted by atomic mass is 35.5. The number of amidine groups is 1. The van der Waals surface area contributed by atoms with Crippen LogP contribution in [0.15, 0.2) is 38.2 Å². The lowest BCUT2D eigenvalue weighted by atomic mass is 9.80. The van der Waals surface area contributed by atoms with Crippen molar-refractivity contribution in [2.24, 2.45) is 31.8 Å². The van der Waals surface area contributed by atoms with Crippen LogP contribution in [0.4, 0.5) is 0 Å². The van der Waals surface area contributed by atoms with Gasteiger partial charge in [0.15, 0.2) is 6.17 Å². The SMILES string of the molecule is C=NC1N=C(N2CC(C3CCCN(CCO)C3)C2)NC(=NC(C)c2ccc(Cl)cc2Cl)C1N=C. The molecule has 3 aliphatic heterocycles. The number of aliphatic imine (C=N–C) groups is 4. The van der Waals surface area contributed by atoms with E-state index in [0.717, 1.165) is 44.2 Å². The van der Waals surface area contributed by atoms with Gasteiger partial charge in [0, 0.05) is 36.2 Å². The topological polar surface area (TPSA) is 88.2 Å². The number of aliphatic hydroxyl groups is 1. The molecule has 2 fully saturated rings. The molecule has 2 N–H and O–H groups in total. The van der Waals surface area contributed by atoms with E-state index in [4.69, 9.17) is 33.2 Å². The summed E-state index contributed by atoms with van der Waals surface area (Å²) < 4.78 is 0. The molecule has 3 aliphatic rings. The highest BCUT2D eigenvalue weighted by Crippen LogP contribution is 2.32. The Morgan fingerprint density at radius 3 is 2.68 bits per heavy atom. The average molecular weight is 506 g/mol. The Bertz CT molecular complexity index is 961. The summed E-state index contributed by atoms with van der Waals surface area (Å²) in [6.45, 7) is 14.4. The molecule has 0 bridgehead atoms. The monoisotopic (exact) mass is 505 g/mol. The molecule has 0 amide bonds. The molecule has 1 aromatic rings. The smallest absolute Gasteiger partial charge is 0.201 e. The maximum atomic E-state index is 9.28.